The number of methoxy groups -OCH3 is 1. The van der Waals surface area contributed by atoms with E-state index in [-0.39, 0.29) is 17.9 Å². The number of nitrogens with zero attached hydrogens (tertiary/aromatic N) is 3. The van der Waals surface area contributed by atoms with E-state index in [0.717, 1.165) is 23.0 Å². The van der Waals surface area contributed by atoms with Gasteiger partial charge in [0.2, 0.25) is 5.88 Å². The van der Waals surface area contributed by atoms with Crippen LogP contribution in [0.5, 0.6) is 5.88 Å². The second-order valence-electron chi connectivity index (χ2n) is 6.32. The zero-order valence-electron chi connectivity index (χ0n) is 15.4. The molecule has 0 saturated heterocycles. The number of hydrogen-bond donors (Lipinski definition) is 2. The number of aromatic amines is 1. The number of nitrogens with one attached hydrogen (secondary N) is 2. The van der Waals surface area contributed by atoms with Crippen molar-refractivity contribution in [3.63, 3.8) is 0 Å². The third kappa shape index (κ3) is 3.51. The van der Waals surface area contributed by atoms with Gasteiger partial charge in [0.1, 0.15) is 11.5 Å². The standard InChI is InChI=1S/C19H23N5O2/c1-5-11(2)16-22-17(24-23-16)12(3)20-18(25)15-10-13-8-6-7-9-14(13)19(21-15)26-4/h6-12H,5H2,1-4H3,(H,20,25)(H,22,23,24). The maximum Gasteiger partial charge on any atom is 0.270 e. The van der Waals surface area contributed by atoms with Crippen LogP contribution in [-0.2, 0) is 0 Å². The van der Waals surface area contributed by atoms with Gasteiger partial charge in [-0.2, -0.15) is 5.10 Å². The molecule has 1 amide bonds. The van der Waals surface area contributed by atoms with Crippen LogP contribution in [0.4, 0.5) is 0 Å². The first-order chi connectivity index (χ1) is 12.5. The molecule has 2 atom stereocenters. The predicted octanol–water partition coefficient (Wildman–Crippen LogP) is 3.37. The summed E-state index contributed by atoms with van der Waals surface area (Å²) in [5, 5.41) is 11.8. The Morgan fingerprint density at radius 2 is 2.04 bits per heavy atom. The largest absolute Gasteiger partial charge is 0.481 e. The summed E-state index contributed by atoms with van der Waals surface area (Å²) in [6, 6.07) is 9.10. The van der Waals surface area contributed by atoms with E-state index in [1.54, 1.807) is 13.2 Å². The fourth-order valence-corrected chi connectivity index (χ4v) is 2.66. The molecule has 0 radical (unpaired) electrons. The quantitative estimate of drug-likeness (QED) is 0.709. The van der Waals surface area contributed by atoms with Crippen molar-refractivity contribution in [1.29, 1.82) is 0 Å². The number of ether oxygens (including phenoxy) is 1. The number of carbonyl (C=O) groups excluding carboxylic acids is 1. The first-order valence-corrected chi connectivity index (χ1v) is 8.70. The summed E-state index contributed by atoms with van der Waals surface area (Å²) in [5.74, 6) is 1.80. The normalized spacial score (nSPS) is 13.4. The average molecular weight is 353 g/mol. The van der Waals surface area contributed by atoms with Crippen LogP contribution in [0.1, 0.15) is 61.3 Å². The molecule has 0 bridgehead atoms. The smallest absolute Gasteiger partial charge is 0.270 e. The Hall–Kier alpha value is -2.96. The van der Waals surface area contributed by atoms with Crippen molar-refractivity contribution in [2.24, 2.45) is 0 Å². The summed E-state index contributed by atoms with van der Waals surface area (Å²) in [7, 11) is 1.55. The zero-order valence-corrected chi connectivity index (χ0v) is 15.4. The van der Waals surface area contributed by atoms with Crippen molar-refractivity contribution < 1.29 is 9.53 Å². The van der Waals surface area contributed by atoms with Crippen molar-refractivity contribution in [3.8, 4) is 5.88 Å². The Balaban J connectivity index is 1.81. The molecule has 0 aliphatic carbocycles. The lowest BCUT2D eigenvalue weighted by molar-refractivity contribution is 0.0932. The van der Waals surface area contributed by atoms with Crippen molar-refractivity contribution in [3.05, 3.63) is 47.7 Å². The van der Waals surface area contributed by atoms with Gasteiger partial charge < -0.3 is 10.1 Å². The van der Waals surface area contributed by atoms with Gasteiger partial charge in [-0.1, -0.05) is 32.0 Å². The van der Waals surface area contributed by atoms with Crippen LogP contribution in [-0.4, -0.2) is 33.2 Å². The van der Waals surface area contributed by atoms with E-state index in [0.29, 0.717) is 17.4 Å². The molecule has 1 aromatic carbocycles. The molecule has 7 heteroatoms. The van der Waals surface area contributed by atoms with Gasteiger partial charge in [-0.15, -0.1) is 0 Å². The number of carbonyl (C=O) groups is 1. The molecular weight excluding hydrogens is 330 g/mol. The first kappa shape index (κ1) is 17.8. The van der Waals surface area contributed by atoms with Crippen LogP contribution in [0.3, 0.4) is 0 Å². The predicted molar refractivity (Wildman–Crippen MR) is 99.3 cm³/mol. The van der Waals surface area contributed by atoms with E-state index < -0.39 is 0 Å². The number of hydrogen-bond acceptors (Lipinski definition) is 5. The fraction of sp³-hybridized carbons (Fsp3) is 0.368. The lowest BCUT2D eigenvalue weighted by Gasteiger charge is -2.12. The Morgan fingerprint density at radius 3 is 2.77 bits per heavy atom. The van der Waals surface area contributed by atoms with E-state index >= 15 is 0 Å². The number of amides is 1. The summed E-state index contributed by atoms with van der Waals surface area (Å²) in [5.41, 5.74) is 0.300. The number of pyridine rings is 1. The van der Waals surface area contributed by atoms with Crippen LogP contribution in [0.15, 0.2) is 30.3 Å². The molecule has 0 spiro atoms. The second-order valence-corrected chi connectivity index (χ2v) is 6.32. The van der Waals surface area contributed by atoms with E-state index in [1.807, 2.05) is 31.2 Å². The first-order valence-electron chi connectivity index (χ1n) is 8.70. The highest BCUT2D eigenvalue weighted by Gasteiger charge is 2.19. The molecule has 2 unspecified atom stereocenters. The van der Waals surface area contributed by atoms with Crippen LogP contribution in [0.25, 0.3) is 10.8 Å². The molecule has 0 fully saturated rings. The van der Waals surface area contributed by atoms with Crippen LogP contribution in [0.2, 0.25) is 0 Å². The summed E-state index contributed by atoms with van der Waals surface area (Å²) in [6.45, 7) is 6.02. The fourth-order valence-electron chi connectivity index (χ4n) is 2.66. The third-order valence-corrected chi connectivity index (χ3v) is 4.46. The SMILES string of the molecule is CCC(C)c1n[nH]c(C(C)NC(=O)c2cc3ccccc3c(OC)n2)n1. The van der Waals surface area contributed by atoms with Gasteiger partial charge in [-0.3, -0.25) is 9.89 Å². The lowest BCUT2D eigenvalue weighted by atomic mass is 10.1. The Bertz CT molecular complexity index is 921. The van der Waals surface area contributed by atoms with E-state index in [1.165, 1.54) is 0 Å². The molecule has 3 rings (SSSR count). The minimum absolute atomic E-state index is 0.273. The summed E-state index contributed by atoms with van der Waals surface area (Å²) in [6.07, 6.45) is 0.957. The van der Waals surface area contributed by atoms with Gasteiger partial charge in [0, 0.05) is 11.3 Å². The van der Waals surface area contributed by atoms with Gasteiger partial charge in [-0.25, -0.2) is 9.97 Å². The van der Waals surface area contributed by atoms with Crippen molar-refractivity contribution in [1.82, 2.24) is 25.5 Å². The molecule has 2 aromatic heterocycles. The van der Waals surface area contributed by atoms with E-state index in [2.05, 4.69) is 39.3 Å². The number of H-pyrrole nitrogens is 1. The Labute approximate surface area is 152 Å². The number of benzene rings is 1. The third-order valence-electron chi connectivity index (χ3n) is 4.46. The van der Waals surface area contributed by atoms with Gasteiger partial charge in [-0.05, 0) is 30.9 Å². The molecule has 0 saturated carbocycles. The molecule has 2 heterocycles. The van der Waals surface area contributed by atoms with Crippen LogP contribution >= 0.6 is 0 Å². The average Bonchev–Trinajstić information content (AvgIpc) is 3.16. The minimum Gasteiger partial charge on any atom is -0.481 e. The molecule has 7 nitrogen and oxygen atoms in total. The van der Waals surface area contributed by atoms with E-state index in [4.69, 9.17) is 4.74 Å². The van der Waals surface area contributed by atoms with Gasteiger partial charge >= 0.3 is 0 Å². The van der Waals surface area contributed by atoms with Crippen molar-refractivity contribution in [2.75, 3.05) is 7.11 Å². The highest BCUT2D eigenvalue weighted by atomic mass is 16.5. The van der Waals surface area contributed by atoms with Gasteiger partial charge in [0.25, 0.3) is 5.91 Å². The molecule has 26 heavy (non-hydrogen) atoms. The lowest BCUT2D eigenvalue weighted by Crippen LogP contribution is -2.28. The summed E-state index contributed by atoms with van der Waals surface area (Å²) < 4.78 is 5.33. The zero-order chi connectivity index (χ0) is 18.7. The molecule has 136 valence electrons. The molecule has 0 aliphatic rings. The molecule has 3 aromatic rings. The van der Waals surface area contributed by atoms with Crippen LogP contribution < -0.4 is 10.1 Å². The second kappa shape index (κ2) is 7.51. The van der Waals surface area contributed by atoms with Gasteiger partial charge in [0.15, 0.2) is 5.82 Å². The number of rotatable bonds is 6. The molecule has 2 N–H and O–H groups in total. The maximum atomic E-state index is 12.6. The molecule has 0 aliphatic heterocycles. The van der Waals surface area contributed by atoms with E-state index in [9.17, 15) is 4.79 Å². The number of fused-ring (bicyclic) bond motifs is 1. The van der Waals surface area contributed by atoms with Crippen molar-refractivity contribution in [2.45, 2.75) is 39.2 Å². The highest BCUT2D eigenvalue weighted by molar-refractivity contribution is 5.98. The Morgan fingerprint density at radius 1 is 1.27 bits per heavy atom. The molecular formula is C19H23N5O2. The highest BCUT2D eigenvalue weighted by Crippen LogP contribution is 2.24. The summed E-state index contributed by atoms with van der Waals surface area (Å²) >= 11 is 0. The number of aromatic nitrogens is 4. The van der Waals surface area contributed by atoms with Gasteiger partial charge in [0.05, 0.1) is 13.2 Å². The Kier molecular flexibility index (Phi) is 5.16. The maximum absolute atomic E-state index is 12.6. The minimum atomic E-state index is -0.313. The van der Waals surface area contributed by atoms with Crippen molar-refractivity contribution >= 4 is 16.7 Å². The van der Waals surface area contributed by atoms with Crippen LogP contribution in [0, 0.1) is 0 Å². The topological polar surface area (TPSA) is 92.8 Å². The summed E-state index contributed by atoms with van der Waals surface area (Å²) in [4.78, 5) is 21.5. The monoisotopic (exact) mass is 353 g/mol.